The lowest BCUT2D eigenvalue weighted by molar-refractivity contribution is 0.0696. The minimum absolute atomic E-state index is 0.110. The molecule has 0 saturated heterocycles. The Morgan fingerprint density at radius 1 is 1.15 bits per heavy atom. The summed E-state index contributed by atoms with van der Waals surface area (Å²) in [5.41, 5.74) is 0.860. The molecule has 4 rings (SSSR count). The van der Waals surface area contributed by atoms with Crippen LogP contribution in [0.1, 0.15) is 28.9 Å². The molecule has 0 amide bonds. The molecule has 132 valence electrons. The second-order valence-corrected chi connectivity index (χ2v) is 6.83. The lowest BCUT2D eigenvalue weighted by Gasteiger charge is -2.19. The Kier molecular flexibility index (Phi) is 4.26. The first-order valence-electron chi connectivity index (χ1n) is 8.46. The lowest BCUT2D eigenvalue weighted by atomic mass is 10.0. The maximum atomic E-state index is 13.3. The van der Waals surface area contributed by atoms with Crippen LogP contribution in [0.3, 0.4) is 0 Å². The van der Waals surface area contributed by atoms with Crippen molar-refractivity contribution in [3.63, 3.8) is 0 Å². The van der Waals surface area contributed by atoms with Gasteiger partial charge in [0.25, 0.3) is 5.56 Å². The molecule has 6 heteroatoms. The van der Waals surface area contributed by atoms with Crippen molar-refractivity contribution in [2.24, 2.45) is 0 Å². The number of fused-ring (bicyclic) bond motifs is 1. The number of aromatic carboxylic acids is 1. The molecule has 5 nitrogen and oxygen atoms in total. The van der Waals surface area contributed by atoms with Gasteiger partial charge in [0.2, 0.25) is 0 Å². The first-order chi connectivity index (χ1) is 12.6. The number of aromatic nitrogens is 1. The van der Waals surface area contributed by atoms with Gasteiger partial charge in [-0.05, 0) is 31.0 Å². The Labute approximate surface area is 154 Å². The van der Waals surface area contributed by atoms with Crippen LogP contribution < -0.4 is 10.9 Å². The van der Waals surface area contributed by atoms with Crippen molar-refractivity contribution in [1.82, 2.24) is 9.88 Å². The smallest absolute Gasteiger partial charge is 0.338 e. The Morgan fingerprint density at radius 2 is 1.88 bits per heavy atom. The van der Waals surface area contributed by atoms with Crippen LogP contribution in [0, 0.1) is 0 Å². The van der Waals surface area contributed by atoms with Crippen LogP contribution >= 0.6 is 11.6 Å². The van der Waals surface area contributed by atoms with Gasteiger partial charge in [-0.25, -0.2) is 4.79 Å². The summed E-state index contributed by atoms with van der Waals surface area (Å²) in [5.74, 6) is -1.07. The Bertz CT molecular complexity index is 1060. The highest BCUT2D eigenvalue weighted by molar-refractivity contribution is 6.35. The summed E-state index contributed by atoms with van der Waals surface area (Å²) in [5, 5.41) is 14.1. The van der Waals surface area contributed by atoms with E-state index >= 15 is 0 Å². The Hall–Kier alpha value is -2.63. The molecule has 1 saturated carbocycles. The lowest BCUT2D eigenvalue weighted by Crippen LogP contribution is -2.30. The molecule has 0 unspecified atom stereocenters. The van der Waals surface area contributed by atoms with Crippen LogP contribution in [-0.4, -0.2) is 21.7 Å². The van der Waals surface area contributed by atoms with Crippen molar-refractivity contribution in [3.05, 3.63) is 75.2 Å². The quantitative estimate of drug-likeness (QED) is 0.722. The van der Waals surface area contributed by atoms with Crippen molar-refractivity contribution in [2.75, 3.05) is 0 Å². The summed E-state index contributed by atoms with van der Waals surface area (Å²) in [6, 6.07) is 14.4. The van der Waals surface area contributed by atoms with E-state index in [2.05, 4.69) is 5.32 Å². The average Bonchev–Trinajstić information content (AvgIpc) is 3.44. The summed E-state index contributed by atoms with van der Waals surface area (Å²) in [6.45, 7) is 0.304. The molecule has 0 aliphatic heterocycles. The van der Waals surface area contributed by atoms with Crippen molar-refractivity contribution in [1.29, 1.82) is 0 Å². The molecule has 1 aliphatic rings. The SMILES string of the molecule is O=C(O)c1c(CNC2CC2)n(-c2ccccc2)c(=O)c2c(Cl)cccc12. The molecule has 0 radical (unpaired) electrons. The molecule has 3 aromatic rings. The number of nitrogens with one attached hydrogen (secondary N) is 1. The highest BCUT2D eigenvalue weighted by Crippen LogP contribution is 2.28. The first-order valence-corrected chi connectivity index (χ1v) is 8.84. The van der Waals surface area contributed by atoms with E-state index in [0.717, 1.165) is 12.8 Å². The van der Waals surface area contributed by atoms with Gasteiger partial charge < -0.3 is 10.4 Å². The van der Waals surface area contributed by atoms with Gasteiger partial charge in [0.1, 0.15) is 0 Å². The minimum Gasteiger partial charge on any atom is -0.478 e. The molecule has 1 aromatic heterocycles. The number of halogens is 1. The van der Waals surface area contributed by atoms with Gasteiger partial charge in [0.05, 0.1) is 21.7 Å². The fourth-order valence-corrected chi connectivity index (χ4v) is 3.49. The predicted molar refractivity (Wildman–Crippen MR) is 101 cm³/mol. The van der Waals surface area contributed by atoms with Gasteiger partial charge in [-0.2, -0.15) is 0 Å². The standard InChI is InChI=1S/C20H17ClN2O3/c21-15-8-4-7-14-17(15)19(24)23(13-5-2-1-3-6-13)16(18(14)20(25)26)11-22-12-9-10-12/h1-8,12,22H,9-11H2,(H,25,26). The molecule has 1 aliphatic carbocycles. The third-order valence-electron chi connectivity index (χ3n) is 4.62. The number of para-hydroxylation sites is 1. The van der Waals surface area contributed by atoms with Crippen LogP contribution in [-0.2, 0) is 6.54 Å². The summed E-state index contributed by atoms with van der Waals surface area (Å²) in [6.07, 6.45) is 2.13. The third kappa shape index (κ3) is 2.89. The number of benzene rings is 2. The van der Waals surface area contributed by atoms with Gasteiger partial charge >= 0.3 is 5.97 Å². The van der Waals surface area contributed by atoms with E-state index in [1.165, 1.54) is 4.57 Å². The van der Waals surface area contributed by atoms with Gasteiger partial charge in [-0.15, -0.1) is 0 Å². The van der Waals surface area contributed by atoms with E-state index in [9.17, 15) is 14.7 Å². The zero-order chi connectivity index (χ0) is 18.3. The Balaban J connectivity index is 2.10. The zero-order valence-corrected chi connectivity index (χ0v) is 14.7. The molecule has 0 spiro atoms. The van der Waals surface area contributed by atoms with E-state index < -0.39 is 5.97 Å². The maximum Gasteiger partial charge on any atom is 0.338 e. The Morgan fingerprint density at radius 3 is 2.54 bits per heavy atom. The second kappa shape index (κ2) is 6.59. The fourth-order valence-electron chi connectivity index (χ4n) is 3.24. The van der Waals surface area contributed by atoms with Crippen LogP contribution in [0.2, 0.25) is 5.02 Å². The van der Waals surface area contributed by atoms with Crippen molar-refractivity contribution in [2.45, 2.75) is 25.4 Å². The molecule has 0 bridgehead atoms. The molecular formula is C20H17ClN2O3. The number of carboxylic acid groups (broad SMARTS) is 1. The highest BCUT2D eigenvalue weighted by atomic mass is 35.5. The highest BCUT2D eigenvalue weighted by Gasteiger charge is 2.26. The van der Waals surface area contributed by atoms with Gasteiger partial charge in [-0.3, -0.25) is 9.36 Å². The molecule has 1 fully saturated rings. The normalized spacial score (nSPS) is 13.9. The van der Waals surface area contributed by atoms with Crippen molar-refractivity contribution >= 4 is 28.3 Å². The van der Waals surface area contributed by atoms with Crippen molar-refractivity contribution < 1.29 is 9.90 Å². The van der Waals surface area contributed by atoms with Crippen LogP contribution in [0.5, 0.6) is 0 Å². The number of carboxylic acids is 1. The van der Waals surface area contributed by atoms with Crippen LogP contribution in [0.25, 0.3) is 16.5 Å². The zero-order valence-electron chi connectivity index (χ0n) is 13.9. The maximum absolute atomic E-state index is 13.3. The number of hydrogen-bond acceptors (Lipinski definition) is 3. The van der Waals surface area contributed by atoms with E-state index in [4.69, 9.17) is 11.6 Å². The number of pyridine rings is 1. The fraction of sp³-hybridized carbons (Fsp3) is 0.200. The third-order valence-corrected chi connectivity index (χ3v) is 4.94. The van der Waals surface area contributed by atoms with E-state index in [1.54, 1.807) is 30.3 Å². The largest absolute Gasteiger partial charge is 0.478 e. The molecule has 26 heavy (non-hydrogen) atoms. The number of carbonyl (C=O) groups is 1. The number of rotatable bonds is 5. The molecule has 2 aromatic carbocycles. The van der Waals surface area contributed by atoms with Crippen molar-refractivity contribution in [3.8, 4) is 5.69 Å². The van der Waals surface area contributed by atoms with E-state index in [0.29, 0.717) is 29.4 Å². The monoisotopic (exact) mass is 368 g/mol. The predicted octanol–water partition coefficient (Wildman–Crippen LogP) is 3.59. The van der Waals surface area contributed by atoms with E-state index in [1.807, 2.05) is 18.2 Å². The molecule has 2 N–H and O–H groups in total. The van der Waals surface area contributed by atoms with Gasteiger partial charge in [-0.1, -0.05) is 41.9 Å². The minimum atomic E-state index is -1.07. The molecule has 1 heterocycles. The second-order valence-electron chi connectivity index (χ2n) is 6.42. The summed E-state index contributed by atoms with van der Waals surface area (Å²) in [7, 11) is 0. The topological polar surface area (TPSA) is 71.3 Å². The van der Waals surface area contributed by atoms with E-state index in [-0.39, 0.29) is 21.5 Å². The van der Waals surface area contributed by atoms with Crippen LogP contribution in [0.4, 0.5) is 0 Å². The van der Waals surface area contributed by atoms with Gasteiger partial charge in [0, 0.05) is 23.7 Å². The summed E-state index contributed by atoms with van der Waals surface area (Å²) < 4.78 is 1.47. The molecule has 0 atom stereocenters. The first kappa shape index (κ1) is 16.8. The summed E-state index contributed by atoms with van der Waals surface area (Å²) in [4.78, 5) is 25.4. The molecular weight excluding hydrogens is 352 g/mol. The van der Waals surface area contributed by atoms with Gasteiger partial charge in [0.15, 0.2) is 0 Å². The van der Waals surface area contributed by atoms with Crippen LogP contribution in [0.15, 0.2) is 53.3 Å². The summed E-state index contributed by atoms with van der Waals surface area (Å²) >= 11 is 6.27. The average molecular weight is 369 g/mol. The number of nitrogens with zero attached hydrogens (tertiary/aromatic N) is 1. The number of hydrogen-bond donors (Lipinski definition) is 2.